The lowest BCUT2D eigenvalue weighted by atomic mass is 10.1. The zero-order valence-corrected chi connectivity index (χ0v) is 14.3. The summed E-state index contributed by atoms with van der Waals surface area (Å²) in [6, 6.07) is 15.3. The second kappa shape index (κ2) is 7.33. The van der Waals surface area contributed by atoms with Gasteiger partial charge in [-0.05, 0) is 30.2 Å². The molecule has 1 aliphatic rings. The van der Waals surface area contributed by atoms with E-state index >= 15 is 0 Å². The zero-order chi connectivity index (χ0) is 17.9. The third kappa shape index (κ3) is 4.24. The Morgan fingerprint density at radius 3 is 2.60 bits per heavy atom. The summed E-state index contributed by atoms with van der Waals surface area (Å²) in [6.07, 6.45) is 0.750. The van der Waals surface area contributed by atoms with Crippen LogP contribution in [0.3, 0.4) is 0 Å². The molecular formula is C18H19FN2O3S. The average Bonchev–Trinajstić information content (AvgIpc) is 3.39. The minimum atomic E-state index is -3.72. The maximum atomic E-state index is 12.5. The summed E-state index contributed by atoms with van der Waals surface area (Å²) in [7, 11) is -3.72. The molecule has 2 aromatic carbocycles. The molecule has 0 saturated heterocycles. The van der Waals surface area contributed by atoms with Crippen LogP contribution >= 0.6 is 0 Å². The van der Waals surface area contributed by atoms with Gasteiger partial charge in [-0.15, -0.1) is 0 Å². The van der Waals surface area contributed by atoms with Crippen LogP contribution in [0.25, 0.3) is 0 Å². The summed E-state index contributed by atoms with van der Waals surface area (Å²) in [5, 5.41) is 2.38. The molecule has 0 heterocycles. The van der Waals surface area contributed by atoms with Gasteiger partial charge in [0.25, 0.3) is 5.91 Å². The van der Waals surface area contributed by atoms with Gasteiger partial charge in [-0.2, -0.15) is 0 Å². The highest BCUT2D eigenvalue weighted by atomic mass is 32.2. The smallest absolute Gasteiger partial charge is 0.251 e. The normalized spacial score (nSPS) is 19.4. The maximum Gasteiger partial charge on any atom is 0.251 e. The summed E-state index contributed by atoms with van der Waals surface area (Å²) in [6.45, 7) is -0.775. The van der Waals surface area contributed by atoms with E-state index in [0.29, 0.717) is 0 Å². The molecule has 0 spiro atoms. The summed E-state index contributed by atoms with van der Waals surface area (Å²) < 4.78 is 39.9. The molecule has 7 heteroatoms. The van der Waals surface area contributed by atoms with Gasteiger partial charge in [-0.1, -0.05) is 36.4 Å². The van der Waals surface area contributed by atoms with Crippen LogP contribution in [0.4, 0.5) is 4.39 Å². The van der Waals surface area contributed by atoms with Gasteiger partial charge in [-0.25, -0.2) is 17.5 Å². The van der Waals surface area contributed by atoms with Crippen LogP contribution in [-0.4, -0.2) is 33.6 Å². The van der Waals surface area contributed by atoms with Crippen molar-refractivity contribution in [3.8, 4) is 0 Å². The molecule has 0 aliphatic heterocycles. The highest BCUT2D eigenvalue weighted by molar-refractivity contribution is 7.89. The number of benzene rings is 2. The van der Waals surface area contributed by atoms with Crippen molar-refractivity contribution in [3.05, 3.63) is 65.7 Å². The number of carbonyl (C=O) groups excluding carboxylic acids is 1. The van der Waals surface area contributed by atoms with Crippen LogP contribution in [0.1, 0.15) is 28.3 Å². The number of alkyl halides is 1. The number of nitrogens with one attached hydrogen (secondary N) is 2. The van der Waals surface area contributed by atoms with E-state index in [4.69, 9.17) is 0 Å². The van der Waals surface area contributed by atoms with Crippen molar-refractivity contribution in [3.63, 3.8) is 0 Å². The second-order valence-electron chi connectivity index (χ2n) is 5.95. The van der Waals surface area contributed by atoms with Gasteiger partial charge < -0.3 is 5.32 Å². The van der Waals surface area contributed by atoms with E-state index in [9.17, 15) is 17.6 Å². The van der Waals surface area contributed by atoms with Gasteiger partial charge in [0, 0.05) is 24.1 Å². The second-order valence-corrected chi connectivity index (χ2v) is 7.67. The summed E-state index contributed by atoms with van der Waals surface area (Å²) in [5.41, 5.74) is 1.29. The monoisotopic (exact) mass is 362 g/mol. The van der Waals surface area contributed by atoms with Crippen LogP contribution in [0.5, 0.6) is 0 Å². The highest BCUT2D eigenvalue weighted by Crippen LogP contribution is 2.41. The van der Waals surface area contributed by atoms with Gasteiger partial charge in [0.1, 0.15) is 6.67 Å². The van der Waals surface area contributed by atoms with Crippen LogP contribution in [0, 0.1) is 0 Å². The van der Waals surface area contributed by atoms with E-state index in [1.165, 1.54) is 24.3 Å². The van der Waals surface area contributed by atoms with Crippen molar-refractivity contribution in [1.82, 2.24) is 10.0 Å². The lowest BCUT2D eigenvalue weighted by Gasteiger charge is -2.09. The molecule has 1 saturated carbocycles. The Kier molecular flexibility index (Phi) is 5.15. The van der Waals surface area contributed by atoms with E-state index in [1.807, 2.05) is 30.3 Å². The lowest BCUT2D eigenvalue weighted by Crippen LogP contribution is -2.28. The van der Waals surface area contributed by atoms with E-state index in [-0.39, 0.29) is 29.0 Å². The predicted molar refractivity (Wildman–Crippen MR) is 92.7 cm³/mol. The average molecular weight is 362 g/mol. The first-order chi connectivity index (χ1) is 12.0. The highest BCUT2D eigenvalue weighted by Gasteiger charge is 2.41. The first kappa shape index (κ1) is 17.6. The van der Waals surface area contributed by atoms with Crippen LogP contribution in [0.2, 0.25) is 0 Å². The summed E-state index contributed by atoms with van der Waals surface area (Å²) >= 11 is 0. The minimum absolute atomic E-state index is 0.0270. The van der Waals surface area contributed by atoms with Crippen molar-refractivity contribution in [1.29, 1.82) is 0 Å². The van der Waals surface area contributed by atoms with E-state index in [2.05, 4.69) is 10.0 Å². The molecule has 5 nitrogen and oxygen atoms in total. The third-order valence-electron chi connectivity index (χ3n) is 4.11. The fourth-order valence-electron chi connectivity index (χ4n) is 2.73. The van der Waals surface area contributed by atoms with E-state index in [0.717, 1.165) is 12.0 Å². The largest absolute Gasteiger partial charge is 0.349 e. The molecule has 2 atom stereocenters. The van der Waals surface area contributed by atoms with Crippen LogP contribution in [-0.2, 0) is 10.0 Å². The van der Waals surface area contributed by atoms with Crippen molar-refractivity contribution >= 4 is 15.9 Å². The van der Waals surface area contributed by atoms with E-state index in [1.54, 1.807) is 0 Å². The molecule has 3 rings (SSSR count). The molecule has 25 heavy (non-hydrogen) atoms. The SMILES string of the molecule is O=C(NCCF)c1cccc(S(=O)(=O)N[C@@H]2C[C@H]2c2ccccc2)c1. The number of hydrogen-bond acceptors (Lipinski definition) is 3. The fourth-order valence-corrected chi connectivity index (χ4v) is 4.06. The Balaban J connectivity index is 1.70. The summed E-state index contributed by atoms with van der Waals surface area (Å²) in [4.78, 5) is 11.9. The summed E-state index contributed by atoms with van der Waals surface area (Å²) in [5.74, 6) is -0.324. The van der Waals surface area contributed by atoms with Crippen molar-refractivity contribution < 1.29 is 17.6 Å². The Hall–Kier alpha value is -2.25. The van der Waals surface area contributed by atoms with Gasteiger partial charge in [-0.3, -0.25) is 4.79 Å². The van der Waals surface area contributed by atoms with Crippen molar-refractivity contribution in [2.45, 2.75) is 23.3 Å². The molecule has 0 radical (unpaired) electrons. The lowest BCUT2D eigenvalue weighted by molar-refractivity contribution is 0.0950. The molecule has 1 fully saturated rings. The Bertz CT molecular complexity index is 856. The predicted octanol–water partition coefficient (Wildman–Crippen LogP) is 2.22. The third-order valence-corrected chi connectivity index (χ3v) is 5.60. The Morgan fingerprint density at radius 1 is 1.12 bits per heavy atom. The van der Waals surface area contributed by atoms with Gasteiger partial charge in [0.15, 0.2) is 0 Å². The molecule has 0 unspecified atom stereocenters. The number of sulfonamides is 1. The number of carbonyl (C=O) groups is 1. The van der Waals surface area contributed by atoms with Crippen LogP contribution in [0.15, 0.2) is 59.5 Å². The maximum absolute atomic E-state index is 12.5. The zero-order valence-electron chi connectivity index (χ0n) is 13.5. The van der Waals surface area contributed by atoms with Gasteiger partial charge in [0.2, 0.25) is 10.0 Å². The molecule has 132 valence electrons. The first-order valence-corrected chi connectivity index (χ1v) is 9.51. The quantitative estimate of drug-likeness (QED) is 0.793. The molecule has 2 N–H and O–H groups in total. The fraction of sp³-hybridized carbons (Fsp3) is 0.278. The number of halogens is 1. The van der Waals surface area contributed by atoms with Crippen LogP contribution < -0.4 is 10.0 Å². The molecule has 1 amide bonds. The molecule has 2 aromatic rings. The Labute approximate surface area is 146 Å². The van der Waals surface area contributed by atoms with Crippen molar-refractivity contribution in [2.75, 3.05) is 13.2 Å². The van der Waals surface area contributed by atoms with Crippen molar-refractivity contribution in [2.24, 2.45) is 0 Å². The molecule has 0 bridgehead atoms. The molecule has 1 aliphatic carbocycles. The van der Waals surface area contributed by atoms with Gasteiger partial charge in [0.05, 0.1) is 4.90 Å². The minimum Gasteiger partial charge on any atom is -0.349 e. The van der Waals surface area contributed by atoms with E-state index < -0.39 is 22.6 Å². The topological polar surface area (TPSA) is 75.3 Å². The standard InChI is InChI=1S/C18H19FN2O3S/c19-9-10-20-18(22)14-7-4-8-15(11-14)25(23,24)21-17-12-16(17)13-5-2-1-3-6-13/h1-8,11,16-17,21H,9-10,12H2,(H,20,22)/t16-,17+/m0/s1. The number of amides is 1. The Morgan fingerprint density at radius 2 is 1.88 bits per heavy atom. The molecular weight excluding hydrogens is 343 g/mol. The number of rotatable bonds is 7. The number of hydrogen-bond donors (Lipinski definition) is 2. The first-order valence-electron chi connectivity index (χ1n) is 8.03. The van der Waals surface area contributed by atoms with Gasteiger partial charge >= 0.3 is 0 Å². The molecule has 0 aromatic heterocycles.